The number of carbonyl (C=O) groups is 1. The lowest BCUT2D eigenvalue weighted by atomic mass is 9.99. The lowest BCUT2D eigenvalue weighted by molar-refractivity contribution is -0.302. The molecule has 0 aliphatic carbocycles. The highest BCUT2D eigenvalue weighted by atomic mass is 16.7. The summed E-state index contributed by atoms with van der Waals surface area (Å²) >= 11 is 0. The number of ether oxygens (including phenoxy) is 2. The Morgan fingerprint density at radius 3 is 0.855 bits per heavy atom. The molecule has 1 aliphatic heterocycles. The molecule has 0 saturated carbocycles. The van der Waals surface area contributed by atoms with Crippen LogP contribution < -0.4 is 5.32 Å². The van der Waals surface area contributed by atoms with Crippen molar-refractivity contribution in [2.75, 3.05) is 13.2 Å². The zero-order valence-corrected chi connectivity index (χ0v) is 55.8. The first-order valence-electron chi connectivity index (χ1n) is 37.7. The molecule has 0 spiro atoms. The maximum atomic E-state index is 13.2. The molecule has 1 amide bonds. The molecule has 496 valence electrons. The van der Waals surface area contributed by atoms with Crippen LogP contribution >= 0.6 is 0 Å². The van der Waals surface area contributed by atoms with Gasteiger partial charge in [-0.3, -0.25) is 4.79 Å². The van der Waals surface area contributed by atoms with Gasteiger partial charge in [0.1, 0.15) is 24.4 Å². The van der Waals surface area contributed by atoms with E-state index in [1.807, 2.05) is 0 Å². The third kappa shape index (κ3) is 52.8. The average molecular weight is 1180 g/mol. The number of rotatable bonds is 68. The molecule has 1 heterocycles. The van der Waals surface area contributed by atoms with Crippen LogP contribution in [0.1, 0.15) is 412 Å². The van der Waals surface area contributed by atoms with Crippen molar-refractivity contribution in [2.24, 2.45) is 0 Å². The molecule has 83 heavy (non-hydrogen) atoms. The van der Waals surface area contributed by atoms with Crippen LogP contribution in [0.4, 0.5) is 0 Å². The van der Waals surface area contributed by atoms with E-state index in [2.05, 4.69) is 19.2 Å². The van der Waals surface area contributed by atoms with Crippen molar-refractivity contribution in [3.05, 3.63) is 0 Å². The SMILES string of the molecule is CCCCCCCCCCCCCCCCCCCCCCCCCCCCCCCCCCC(=O)NC(COC1OC(CO)C(O)C(O)C1O)C(O)CCCCCCCCCCCCCCCCCCCCCCCCCCCCCC. The molecule has 1 rings (SSSR count). The minimum absolute atomic E-state index is 0.130. The van der Waals surface area contributed by atoms with Crippen molar-refractivity contribution in [1.82, 2.24) is 5.32 Å². The number of hydrogen-bond donors (Lipinski definition) is 6. The third-order valence-electron chi connectivity index (χ3n) is 18.7. The van der Waals surface area contributed by atoms with E-state index in [1.54, 1.807) is 0 Å². The maximum absolute atomic E-state index is 13.2. The average Bonchev–Trinajstić information content (AvgIpc) is 3.49. The summed E-state index contributed by atoms with van der Waals surface area (Å²) in [6.45, 7) is 3.92. The van der Waals surface area contributed by atoms with Gasteiger partial charge >= 0.3 is 0 Å². The van der Waals surface area contributed by atoms with Gasteiger partial charge in [-0.05, 0) is 12.8 Å². The van der Waals surface area contributed by atoms with E-state index in [0.29, 0.717) is 12.8 Å². The Labute approximate surface area is 516 Å². The Kier molecular flexibility index (Phi) is 62.0. The highest BCUT2D eigenvalue weighted by Gasteiger charge is 2.44. The summed E-state index contributed by atoms with van der Waals surface area (Å²) in [6.07, 6.45) is 74.8. The molecule has 0 aromatic carbocycles. The number of carbonyl (C=O) groups excluding carboxylic acids is 1. The second-order valence-corrected chi connectivity index (χ2v) is 26.8. The fourth-order valence-electron chi connectivity index (χ4n) is 12.8. The van der Waals surface area contributed by atoms with Gasteiger partial charge in [-0.25, -0.2) is 0 Å². The largest absolute Gasteiger partial charge is 0.394 e. The van der Waals surface area contributed by atoms with Crippen LogP contribution in [0.5, 0.6) is 0 Å². The lowest BCUT2D eigenvalue weighted by Gasteiger charge is -2.40. The quantitative estimate of drug-likeness (QED) is 0.0330. The summed E-state index contributed by atoms with van der Waals surface area (Å²) in [6, 6.07) is -0.716. The van der Waals surface area contributed by atoms with Crippen molar-refractivity contribution in [3.8, 4) is 0 Å². The molecule has 0 radical (unpaired) electrons. The molecule has 9 heteroatoms. The van der Waals surface area contributed by atoms with Crippen LogP contribution in [0.3, 0.4) is 0 Å². The van der Waals surface area contributed by atoms with Crippen molar-refractivity contribution < 1.29 is 39.8 Å². The lowest BCUT2D eigenvalue weighted by Crippen LogP contribution is -2.60. The molecule has 0 aromatic rings. The van der Waals surface area contributed by atoms with E-state index in [-0.39, 0.29) is 12.5 Å². The Morgan fingerprint density at radius 1 is 0.361 bits per heavy atom. The van der Waals surface area contributed by atoms with Gasteiger partial charge in [0.2, 0.25) is 5.91 Å². The summed E-state index contributed by atoms with van der Waals surface area (Å²) in [5.41, 5.74) is 0. The summed E-state index contributed by atoms with van der Waals surface area (Å²) in [4.78, 5) is 13.2. The van der Waals surface area contributed by atoms with E-state index in [0.717, 1.165) is 38.5 Å². The predicted molar refractivity (Wildman–Crippen MR) is 355 cm³/mol. The monoisotopic (exact) mass is 1180 g/mol. The minimum atomic E-state index is -1.55. The zero-order chi connectivity index (χ0) is 60.0. The van der Waals surface area contributed by atoms with Gasteiger partial charge in [-0.15, -0.1) is 0 Å². The highest BCUT2D eigenvalue weighted by molar-refractivity contribution is 5.76. The molecule has 9 nitrogen and oxygen atoms in total. The Hall–Kier alpha value is -0.810. The first-order chi connectivity index (χ1) is 40.8. The van der Waals surface area contributed by atoms with Crippen molar-refractivity contribution >= 4 is 5.91 Å². The van der Waals surface area contributed by atoms with Crippen LogP contribution in [-0.4, -0.2) is 87.5 Å². The Morgan fingerprint density at radius 2 is 0.602 bits per heavy atom. The molecule has 0 aromatic heterocycles. The van der Waals surface area contributed by atoms with Gasteiger partial charge in [0.15, 0.2) is 6.29 Å². The van der Waals surface area contributed by atoms with Crippen LogP contribution in [0, 0.1) is 0 Å². The van der Waals surface area contributed by atoms with Gasteiger partial charge in [0, 0.05) is 6.42 Å². The number of aliphatic hydroxyl groups is 5. The normalized spacial score (nSPS) is 18.1. The third-order valence-corrected chi connectivity index (χ3v) is 18.7. The molecule has 1 fully saturated rings. The van der Waals surface area contributed by atoms with E-state index >= 15 is 0 Å². The standard InChI is InChI=1S/C74H147NO8/c1-3-5-7-9-11-13-15-17-19-21-23-25-27-29-31-33-34-35-36-38-40-42-44-46-48-50-52-54-56-58-60-62-64-70(78)75-67(66-82-74-73(81)72(80)71(79)69(65-76)83-74)68(77)63-61-59-57-55-53-51-49-47-45-43-41-39-37-32-30-28-26-24-22-20-18-16-14-12-10-8-6-4-2/h67-69,71-74,76-77,79-81H,3-66H2,1-2H3,(H,75,78). The maximum Gasteiger partial charge on any atom is 0.220 e. The predicted octanol–water partition coefficient (Wildman–Crippen LogP) is 20.9. The highest BCUT2D eigenvalue weighted by Crippen LogP contribution is 2.24. The van der Waals surface area contributed by atoms with E-state index in [1.165, 1.54) is 347 Å². The van der Waals surface area contributed by atoms with Gasteiger partial charge in [0.05, 0.1) is 25.4 Å². The first-order valence-corrected chi connectivity index (χ1v) is 37.7. The molecule has 7 unspecified atom stereocenters. The second-order valence-electron chi connectivity index (χ2n) is 26.8. The number of unbranched alkanes of at least 4 members (excludes halogenated alkanes) is 58. The zero-order valence-electron chi connectivity index (χ0n) is 55.8. The molecule has 6 N–H and O–H groups in total. The summed E-state index contributed by atoms with van der Waals surface area (Å²) < 4.78 is 11.4. The summed E-state index contributed by atoms with van der Waals surface area (Å²) in [5, 5.41) is 55.0. The number of aliphatic hydroxyl groups excluding tert-OH is 5. The molecular formula is C74H147NO8. The fraction of sp³-hybridized carbons (Fsp3) is 0.986. The van der Waals surface area contributed by atoms with E-state index in [9.17, 15) is 30.3 Å². The van der Waals surface area contributed by atoms with Crippen molar-refractivity contribution in [3.63, 3.8) is 0 Å². The van der Waals surface area contributed by atoms with Gasteiger partial charge in [-0.1, -0.05) is 393 Å². The van der Waals surface area contributed by atoms with Crippen molar-refractivity contribution in [2.45, 2.75) is 455 Å². The number of nitrogens with one attached hydrogen (secondary N) is 1. The van der Waals surface area contributed by atoms with Crippen molar-refractivity contribution in [1.29, 1.82) is 0 Å². The molecule has 1 aliphatic rings. The fourth-order valence-corrected chi connectivity index (χ4v) is 12.8. The summed E-state index contributed by atoms with van der Waals surface area (Å²) in [7, 11) is 0. The van der Waals surface area contributed by atoms with Crippen LogP contribution in [0.25, 0.3) is 0 Å². The first kappa shape index (κ1) is 80.2. The van der Waals surface area contributed by atoms with Crippen LogP contribution in [0.15, 0.2) is 0 Å². The van der Waals surface area contributed by atoms with Gasteiger partial charge in [-0.2, -0.15) is 0 Å². The molecule has 0 bridgehead atoms. The Balaban J connectivity index is 2.06. The summed E-state index contributed by atoms with van der Waals surface area (Å²) in [5.74, 6) is -0.132. The molecular weight excluding hydrogens is 1030 g/mol. The number of hydrogen-bond acceptors (Lipinski definition) is 8. The molecule has 7 atom stereocenters. The Bertz CT molecular complexity index is 1270. The minimum Gasteiger partial charge on any atom is -0.394 e. The van der Waals surface area contributed by atoms with Gasteiger partial charge in [0.25, 0.3) is 0 Å². The van der Waals surface area contributed by atoms with Gasteiger partial charge < -0.3 is 40.3 Å². The van der Waals surface area contributed by atoms with E-state index in [4.69, 9.17) is 9.47 Å². The smallest absolute Gasteiger partial charge is 0.220 e. The number of amides is 1. The second kappa shape index (κ2) is 64.2. The van der Waals surface area contributed by atoms with Crippen LogP contribution in [-0.2, 0) is 14.3 Å². The van der Waals surface area contributed by atoms with Crippen LogP contribution in [0.2, 0.25) is 0 Å². The molecule has 1 saturated heterocycles. The topological polar surface area (TPSA) is 149 Å². The van der Waals surface area contributed by atoms with E-state index < -0.39 is 49.5 Å².